The van der Waals surface area contributed by atoms with Gasteiger partial charge in [0.25, 0.3) is 11.8 Å². The Balaban J connectivity index is 2.00. The summed E-state index contributed by atoms with van der Waals surface area (Å²) in [6.07, 6.45) is 0.891. The Bertz CT molecular complexity index is 1000. The molecule has 1 aliphatic rings. The molecule has 0 spiro atoms. The summed E-state index contributed by atoms with van der Waals surface area (Å²) in [6.45, 7) is 5.53. The Labute approximate surface area is 165 Å². The van der Waals surface area contributed by atoms with Crippen LogP contribution in [0, 0.1) is 18.3 Å². The normalized spacial score (nSPS) is 20.8. The molecule has 0 bridgehead atoms. The fourth-order valence-electron chi connectivity index (χ4n) is 3.72. The molecule has 1 unspecified atom stereocenters. The number of nitrogens with one attached hydrogen (secondary N) is 2. The zero-order chi connectivity index (χ0) is 20.3. The minimum atomic E-state index is -0.994. The van der Waals surface area contributed by atoms with Gasteiger partial charge in [0.15, 0.2) is 0 Å². The van der Waals surface area contributed by atoms with E-state index in [-0.39, 0.29) is 17.5 Å². The molecule has 142 valence electrons. The summed E-state index contributed by atoms with van der Waals surface area (Å²) in [5.74, 6) is -0.568. The van der Waals surface area contributed by atoms with Crippen LogP contribution < -0.4 is 10.6 Å². The topological polar surface area (TPSA) is 82.0 Å². The molecule has 5 nitrogen and oxygen atoms in total. The van der Waals surface area contributed by atoms with Crippen molar-refractivity contribution in [1.82, 2.24) is 10.6 Å². The van der Waals surface area contributed by atoms with Gasteiger partial charge in [-0.3, -0.25) is 9.59 Å². The van der Waals surface area contributed by atoms with Crippen molar-refractivity contribution in [3.63, 3.8) is 0 Å². The first-order valence-corrected chi connectivity index (χ1v) is 9.30. The molecule has 3 rings (SSSR count). The van der Waals surface area contributed by atoms with E-state index in [1.54, 1.807) is 19.1 Å². The number of benzene rings is 2. The van der Waals surface area contributed by atoms with E-state index in [9.17, 15) is 14.9 Å². The summed E-state index contributed by atoms with van der Waals surface area (Å²) in [4.78, 5) is 26.0. The Hall–Kier alpha value is -3.39. The van der Waals surface area contributed by atoms with E-state index in [0.717, 1.165) is 11.1 Å². The number of amides is 2. The molecule has 1 heterocycles. The molecule has 0 aromatic heterocycles. The van der Waals surface area contributed by atoms with Crippen molar-refractivity contribution in [1.29, 1.82) is 5.26 Å². The molecule has 0 radical (unpaired) electrons. The molecule has 0 saturated carbocycles. The van der Waals surface area contributed by atoms with Crippen LogP contribution in [0.1, 0.15) is 42.5 Å². The lowest BCUT2D eigenvalue weighted by molar-refractivity contribution is -0.136. The minimum Gasteiger partial charge on any atom is -0.336 e. The van der Waals surface area contributed by atoms with Crippen LogP contribution in [0.15, 0.2) is 54.2 Å². The Kier molecular flexibility index (Phi) is 5.32. The second-order valence-electron chi connectivity index (χ2n) is 7.12. The third-order valence-corrected chi connectivity index (χ3v) is 5.35. The first-order valence-electron chi connectivity index (χ1n) is 9.30. The third kappa shape index (κ3) is 3.41. The van der Waals surface area contributed by atoms with Crippen LogP contribution in [-0.2, 0) is 16.0 Å². The van der Waals surface area contributed by atoms with Gasteiger partial charge in [-0.2, -0.15) is 5.26 Å². The number of carbonyl (C=O) groups excluding carboxylic acids is 2. The SMILES string of the molecule is CCC1(Cc2ccccc2)NC(=O)C(=C(C)c2c(C)cccc2C#N)NC1=O. The molecule has 1 aliphatic heterocycles. The zero-order valence-electron chi connectivity index (χ0n) is 16.3. The zero-order valence-corrected chi connectivity index (χ0v) is 16.3. The van der Waals surface area contributed by atoms with E-state index in [1.165, 1.54) is 0 Å². The van der Waals surface area contributed by atoms with Gasteiger partial charge in [0.2, 0.25) is 0 Å². The molecule has 1 fully saturated rings. The maximum absolute atomic E-state index is 13.1. The van der Waals surface area contributed by atoms with Crippen molar-refractivity contribution in [3.8, 4) is 6.07 Å². The van der Waals surface area contributed by atoms with Crippen LogP contribution in [-0.4, -0.2) is 17.4 Å². The standard InChI is InChI=1S/C23H23N3O2/c1-4-23(13-17-10-6-5-7-11-17)22(28)25-20(21(27)26-23)16(3)19-15(2)9-8-12-18(19)14-24/h5-12H,4,13H2,1-3H3,(H,25,28)(H,26,27). The number of nitriles is 1. The number of nitrogens with zero attached hydrogens (tertiary/aromatic N) is 1. The average Bonchev–Trinajstić information content (AvgIpc) is 2.70. The Morgan fingerprint density at radius 2 is 1.82 bits per heavy atom. The lowest BCUT2D eigenvalue weighted by Gasteiger charge is -2.37. The van der Waals surface area contributed by atoms with Gasteiger partial charge in [0.05, 0.1) is 11.6 Å². The fourth-order valence-corrected chi connectivity index (χ4v) is 3.72. The molecule has 1 atom stereocenters. The first-order chi connectivity index (χ1) is 13.4. The maximum Gasteiger partial charge on any atom is 0.268 e. The van der Waals surface area contributed by atoms with Crippen molar-refractivity contribution in [2.24, 2.45) is 0 Å². The summed E-state index contributed by atoms with van der Waals surface area (Å²) in [6, 6.07) is 17.2. The summed E-state index contributed by atoms with van der Waals surface area (Å²) in [5, 5.41) is 15.2. The predicted molar refractivity (Wildman–Crippen MR) is 108 cm³/mol. The highest BCUT2D eigenvalue weighted by Gasteiger charge is 2.44. The smallest absolute Gasteiger partial charge is 0.268 e. The molecular formula is C23H23N3O2. The molecule has 2 aromatic rings. The molecule has 2 aromatic carbocycles. The number of allylic oxidation sites excluding steroid dienone is 1. The van der Waals surface area contributed by atoms with E-state index in [1.807, 2.05) is 50.2 Å². The molecule has 5 heteroatoms. The number of rotatable bonds is 4. The van der Waals surface area contributed by atoms with Crippen LogP contribution in [0.25, 0.3) is 5.57 Å². The summed E-state index contributed by atoms with van der Waals surface area (Å²) < 4.78 is 0. The second-order valence-corrected chi connectivity index (χ2v) is 7.12. The monoisotopic (exact) mass is 373 g/mol. The number of piperazine rings is 1. The molecule has 1 saturated heterocycles. The molecular weight excluding hydrogens is 350 g/mol. The third-order valence-electron chi connectivity index (χ3n) is 5.35. The number of aryl methyl sites for hydroxylation is 1. The Morgan fingerprint density at radius 3 is 2.46 bits per heavy atom. The number of hydrogen-bond donors (Lipinski definition) is 2. The van der Waals surface area contributed by atoms with Gasteiger partial charge in [0.1, 0.15) is 11.2 Å². The van der Waals surface area contributed by atoms with Crippen LogP contribution in [0.5, 0.6) is 0 Å². The van der Waals surface area contributed by atoms with Crippen LogP contribution in [0.2, 0.25) is 0 Å². The fraction of sp³-hybridized carbons (Fsp3) is 0.261. The van der Waals surface area contributed by atoms with Gasteiger partial charge in [-0.25, -0.2) is 0 Å². The van der Waals surface area contributed by atoms with Gasteiger partial charge >= 0.3 is 0 Å². The van der Waals surface area contributed by atoms with Gasteiger partial charge in [0, 0.05) is 12.0 Å². The predicted octanol–water partition coefficient (Wildman–Crippen LogP) is 3.24. The van der Waals surface area contributed by atoms with E-state index in [2.05, 4.69) is 16.7 Å². The van der Waals surface area contributed by atoms with Crippen molar-refractivity contribution in [3.05, 3.63) is 76.5 Å². The maximum atomic E-state index is 13.1. The summed E-state index contributed by atoms with van der Waals surface area (Å²) >= 11 is 0. The largest absolute Gasteiger partial charge is 0.336 e. The average molecular weight is 373 g/mol. The first kappa shape index (κ1) is 19.4. The van der Waals surface area contributed by atoms with Crippen molar-refractivity contribution in [2.45, 2.75) is 39.2 Å². The molecule has 2 amide bonds. The molecule has 2 N–H and O–H groups in total. The number of hydrogen-bond acceptors (Lipinski definition) is 3. The van der Waals surface area contributed by atoms with Crippen LogP contribution in [0.3, 0.4) is 0 Å². The highest BCUT2D eigenvalue weighted by Crippen LogP contribution is 2.28. The van der Waals surface area contributed by atoms with Crippen LogP contribution >= 0.6 is 0 Å². The van der Waals surface area contributed by atoms with Gasteiger partial charge < -0.3 is 10.6 Å². The quantitative estimate of drug-likeness (QED) is 0.807. The summed E-state index contributed by atoms with van der Waals surface area (Å²) in [7, 11) is 0. The summed E-state index contributed by atoms with van der Waals surface area (Å²) in [5.41, 5.74) is 2.81. The molecule has 28 heavy (non-hydrogen) atoms. The van der Waals surface area contributed by atoms with Crippen LogP contribution in [0.4, 0.5) is 0 Å². The Morgan fingerprint density at radius 1 is 1.11 bits per heavy atom. The number of carbonyl (C=O) groups is 2. The lowest BCUT2D eigenvalue weighted by Crippen LogP contribution is -2.65. The minimum absolute atomic E-state index is 0.202. The van der Waals surface area contributed by atoms with Crippen molar-refractivity contribution >= 4 is 17.4 Å². The van der Waals surface area contributed by atoms with E-state index in [4.69, 9.17) is 0 Å². The van der Waals surface area contributed by atoms with E-state index >= 15 is 0 Å². The van der Waals surface area contributed by atoms with Crippen molar-refractivity contribution < 1.29 is 9.59 Å². The highest BCUT2D eigenvalue weighted by molar-refractivity contribution is 6.11. The van der Waals surface area contributed by atoms with Gasteiger partial charge in [-0.15, -0.1) is 0 Å². The van der Waals surface area contributed by atoms with Gasteiger partial charge in [-0.05, 0) is 43.0 Å². The van der Waals surface area contributed by atoms with E-state index < -0.39 is 5.54 Å². The van der Waals surface area contributed by atoms with Crippen molar-refractivity contribution in [2.75, 3.05) is 0 Å². The molecule has 0 aliphatic carbocycles. The lowest BCUT2D eigenvalue weighted by atomic mass is 9.84. The highest BCUT2D eigenvalue weighted by atomic mass is 16.2. The van der Waals surface area contributed by atoms with E-state index in [0.29, 0.717) is 29.5 Å². The van der Waals surface area contributed by atoms with Gasteiger partial charge in [-0.1, -0.05) is 49.4 Å². The second kappa shape index (κ2) is 7.69.